The number of hydrogen-bond donors (Lipinski definition) is 1. The molecule has 31 heavy (non-hydrogen) atoms. The Kier molecular flexibility index (Phi) is 9.35. The molecule has 1 N–H and O–H groups in total. The fourth-order valence-electron chi connectivity index (χ4n) is 3.43. The molecule has 162 valence electrons. The van der Waals surface area contributed by atoms with Gasteiger partial charge in [0.05, 0.1) is 0 Å². The highest BCUT2D eigenvalue weighted by atomic mass is 127. The lowest BCUT2D eigenvalue weighted by Gasteiger charge is -2.30. The highest BCUT2D eigenvalue weighted by Crippen LogP contribution is 2.61. The van der Waals surface area contributed by atoms with E-state index in [0.29, 0.717) is 0 Å². The molecule has 2 nitrogen and oxygen atoms in total. The average molecular weight is 561 g/mol. The van der Waals surface area contributed by atoms with Gasteiger partial charge in [-0.2, -0.15) is 0 Å². The fourth-order valence-corrected chi connectivity index (χ4v) is 8.51. The van der Waals surface area contributed by atoms with Gasteiger partial charge in [0.2, 0.25) is 5.91 Å². The summed E-state index contributed by atoms with van der Waals surface area (Å²) in [6.45, 7) is 5.85. The first-order valence-corrected chi connectivity index (χ1v) is 13.1. The Labute approximate surface area is 208 Å². The van der Waals surface area contributed by atoms with Gasteiger partial charge in [-0.05, 0) is 42.7 Å². The van der Waals surface area contributed by atoms with Crippen LogP contribution in [-0.2, 0) is 4.79 Å². The molecule has 0 aliphatic heterocycles. The average Bonchev–Trinajstić information content (AvgIpc) is 2.76. The molecule has 1 amide bonds. The van der Waals surface area contributed by atoms with Crippen LogP contribution < -0.4 is 45.2 Å². The molecule has 0 aliphatic carbocycles. The predicted molar refractivity (Wildman–Crippen MR) is 134 cm³/mol. The molecule has 0 spiro atoms. The van der Waals surface area contributed by atoms with Crippen LogP contribution in [0, 0.1) is 5.41 Å². The monoisotopic (exact) mass is 561 g/mol. The largest absolute Gasteiger partial charge is 1.00 e. The number of carbonyl (C=O) groups is 1. The quantitative estimate of drug-likeness (QED) is 0.370. The zero-order chi connectivity index (χ0) is 21.6. The van der Waals surface area contributed by atoms with E-state index in [1.165, 1.54) is 15.9 Å². The van der Waals surface area contributed by atoms with Crippen molar-refractivity contribution in [3.8, 4) is 0 Å². The van der Waals surface area contributed by atoms with Gasteiger partial charge in [0, 0.05) is 10.8 Å². The first-order chi connectivity index (χ1) is 14.4. The molecular weight excluding hydrogens is 532 g/mol. The summed E-state index contributed by atoms with van der Waals surface area (Å²) in [6, 6.07) is 31.7. The second-order valence-corrected chi connectivity index (χ2v) is 12.2. The molecule has 0 heterocycles. The van der Waals surface area contributed by atoms with Gasteiger partial charge in [-0.1, -0.05) is 75.4 Å². The third-order valence-corrected chi connectivity index (χ3v) is 9.77. The van der Waals surface area contributed by atoms with Crippen molar-refractivity contribution in [1.29, 1.82) is 0 Å². The van der Waals surface area contributed by atoms with E-state index >= 15 is 0 Å². The molecule has 0 unspecified atom stereocenters. The van der Waals surface area contributed by atoms with Gasteiger partial charge in [-0.25, -0.2) is 0 Å². The lowest BCUT2D eigenvalue weighted by atomic mass is 9.96. The third-order valence-electron chi connectivity index (χ3n) is 4.94. The zero-order valence-corrected chi connectivity index (χ0v) is 22.2. The van der Waals surface area contributed by atoms with Gasteiger partial charge in [0.25, 0.3) is 0 Å². The van der Waals surface area contributed by atoms with Crippen LogP contribution in [0.4, 0.5) is 0 Å². The van der Waals surface area contributed by atoms with Crippen molar-refractivity contribution in [3.05, 3.63) is 102 Å². The van der Waals surface area contributed by atoms with Gasteiger partial charge in [-0.15, -0.1) is 11.8 Å². The maximum absolute atomic E-state index is 13.1. The van der Waals surface area contributed by atoms with Gasteiger partial charge >= 0.3 is 0 Å². The Morgan fingerprint density at radius 1 is 0.774 bits per heavy atom. The highest BCUT2D eigenvalue weighted by Gasteiger charge is 2.51. The minimum Gasteiger partial charge on any atom is -1.00 e. The van der Waals surface area contributed by atoms with E-state index in [9.17, 15) is 4.79 Å². The second-order valence-electron chi connectivity index (χ2n) is 8.12. The fraction of sp³-hybridized carbons (Fsp3) is 0.192. The molecule has 5 heteroatoms. The molecule has 0 saturated carbocycles. The van der Waals surface area contributed by atoms with E-state index in [2.05, 4.69) is 83.5 Å². The molecule has 3 aromatic carbocycles. The van der Waals surface area contributed by atoms with Gasteiger partial charge < -0.3 is 24.0 Å². The van der Waals surface area contributed by atoms with Crippen LogP contribution in [0.25, 0.3) is 0 Å². The molecule has 0 atom stereocenters. The number of benzene rings is 3. The molecular formula is C26H29INOPS. The van der Waals surface area contributed by atoms with Gasteiger partial charge in [0.15, 0.2) is 12.7 Å². The summed E-state index contributed by atoms with van der Waals surface area (Å²) in [5.41, 5.74) is 0.482. The number of thioether (sulfide) groups is 1. The van der Waals surface area contributed by atoms with Crippen molar-refractivity contribution >= 4 is 40.8 Å². The van der Waals surface area contributed by atoms with Gasteiger partial charge in [0.1, 0.15) is 15.9 Å². The van der Waals surface area contributed by atoms with E-state index in [-0.39, 0.29) is 29.9 Å². The van der Waals surface area contributed by atoms with Crippen molar-refractivity contribution in [2.75, 3.05) is 6.26 Å². The first kappa shape index (κ1) is 25.6. The number of rotatable bonds is 6. The van der Waals surface area contributed by atoms with Crippen LogP contribution in [0.2, 0.25) is 0 Å². The summed E-state index contributed by atoms with van der Waals surface area (Å²) >= 11 is 1.62. The summed E-state index contributed by atoms with van der Waals surface area (Å²) in [4.78, 5) is 13.1. The van der Waals surface area contributed by atoms with Crippen LogP contribution >= 0.6 is 19.0 Å². The molecule has 0 bridgehead atoms. The summed E-state index contributed by atoms with van der Waals surface area (Å²) in [5.74, 6) is 0.0231. The summed E-state index contributed by atoms with van der Waals surface area (Å²) in [5, 5.41) is 9.12. The van der Waals surface area contributed by atoms with E-state index in [1.54, 1.807) is 11.8 Å². The SMILES string of the molecule is CS/C=C(/NC(=O)C(C)(C)C)[P+](c1ccccc1)(c1ccccc1)c1ccccc1.[I-]. The first-order valence-electron chi connectivity index (χ1n) is 10.0. The molecule has 0 fully saturated rings. The number of nitrogens with one attached hydrogen (secondary N) is 1. The Balaban J connectivity index is 0.00000341. The molecule has 3 aromatic rings. The standard InChI is InChI=1S/C26H28NOPS.HI/c1-26(2,3)25(28)27-24(20-30-4)29(21-14-8-5-9-15-21,22-16-10-6-11-17-22)23-18-12-7-13-19-23;/h5-20H,1-4H3;1H/b24-20-;. The molecule has 0 radical (unpaired) electrons. The summed E-state index contributed by atoms with van der Waals surface area (Å²) in [7, 11) is -2.30. The van der Waals surface area contributed by atoms with E-state index in [1.807, 2.05) is 45.2 Å². The highest BCUT2D eigenvalue weighted by molar-refractivity contribution is 8.03. The molecule has 0 aliphatic rings. The minimum atomic E-state index is -2.30. The van der Waals surface area contributed by atoms with Crippen molar-refractivity contribution in [2.24, 2.45) is 5.41 Å². The van der Waals surface area contributed by atoms with Crippen LogP contribution in [0.1, 0.15) is 20.8 Å². The number of amides is 1. The zero-order valence-electron chi connectivity index (χ0n) is 18.4. The van der Waals surface area contributed by atoms with Crippen molar-refractivity contribution in [2.45, 2.75) is 20.8 Å². The van der Waals surface area contributed by atoms with Crippen molar-refractivity contribution in [1.82, 2.24) is 5.32 Å². The van der Waals surface area contributed by atoms with E-state index < -0.39 is 12.7 Å². The number of hydrogen-bond acceptors (Lipinski definition) is 2. The maximum Gasteiger partial charge on any atom is 0.232 e. The minimum absolute atomic E-state index is 0. The van der Waals surface area contributed by atoms with Crippen LogP contribution in [0.15, 0.2) is 102 Å². The van der Waals surface area contributed by atoms with E-state index in [4.69, 9.17) is 0 Å². The smallest absolute Gasteiger partial charge is 0.232 e. The molecule has 0 aromatic heterocycles. The maximum atomic E-state index is 13.1. The van der Waals surface area contributed by atoms with Crippen LogP contribution in [0.5, 0.6) is 0 Å². The van der Waals surface area contributed by atoms with Crippen molar-refractivity contribution in [3.63, 3.8) is 0 Å². The lowest BCUT2D eigenvalue weighted by molar-refractivity contribution is -0.127. The third kappa shape index (κ3) is 5.60. The Morgan fingerprint density at radius 2 is 1.13 bits per heavy atom. The molecule has 3 rings (SSSR count). The Bertz CT molecular complexity index is 905. The predicted octanol–water partition coefficient (Wildman–Crippen LogP) is 2.31. The normalized spacial score (nSPS) is 12.1. The molecule has 0 saturated heterocycles. The number of halogens is 1. The Hall–Kier alpha value is -1.62. The number of carbonyl (C=O) groups excluding carboxylic acids is 1. The Morgan fingerprint density at radius 3 is 1.42 bits per heavy atom. The van der Waals surface area contributed by atoms with E-state index in [0.717, 1.165) is 5.44 Å². The van der Waals surface area contributed by atoms with Crippen LogP contribution in [0.3, 0.4) is 0 Å². The summed E-state index contributed by atoms with van der Waals surface area (Å²) in [6.07, 6.45) is 2.04. The summed E-state index contributed by atoms with van der Waals surface area (Å²) < 4.78 is 0. The van der Waals surface area contributed by atoms with Gasteiger partial charge in [-0.3, -0.25) is 10.1 Å². The second kappa shape index (κ2) is 11.3. The lowest BCUT2D eigenvalue weighted by Crippen LogP contribution is -3.00. The van der Waals surface area contributed by atoms with Crippen LogP contribution in [-0.4, -0.2) is 12.2 Å². The van der Waals surface area contributed by atoms with Crippen molar-refractivity contribution < 1.29 is 28.8 Å². The topological polar surface area (TPSA) is 29.1 Å².